The number of hydrogen-bond acceptors (Lipinski definition) is 4. The lowest BCUT2D eigenvalue weighted by atomic mass is 10.1. The molecule has 25 heavy (non-hydrogen) atoms. The van der Waals surface area contributed by atoms with Crippen molar-refractivity contribution in [3.63, 3.8) is 0 Å². The third-order valence-corrected chi connectivity index (χ3v) is 4.27. The van der Waals surface area contributed by atoms with Crippen molar-refractivity contribution >= 4 is 17.3 Å². The quantitative estimate of drug-likeness (QED) is 0.662. The van der Waals surface area contributed by atoms with Gasteiger partial charge in [0.25, 0.3) is 5.91 Å². The van der Waals surface area contributed by atoms with E-state index < -0.39 is 5.91 Å². The van der Waals surface area contributed by atoms with Gasteiger partial charge in [0.15, 0.2) is 0 Å². The highest BCUT2D eigenvalue weighted by molar-refractivity contribution is 6.01. The highest BCUT2D eigenvalue weighted by Gasteiger charge is 2.16. The molecule has 0 spiro atoms. The van der Waals surface area contributed by atoms with Crippen molar-refractivity contribution in [1.82, 2.24) is 5.43 Å². The molecule has 1 saturated heterocycles. The number of nitrogens with one attached hydrogen (secondary N) is 1. The first kappa shape index (κ1) is 17.0. The number of benzene rings is 2. The molecule has 1 heterocycles. The van der Waals surface area contributed by atoms with Crippen LogP contribution in [0.5, 0.6) is 5.75 Å². The Morgan fingerprint density at radius 3 is 2.40 bits per heavy atom. The number of rotatable bonds is 4. The van der Waals surface area contributed by atoms with E-state index in [4.69, 9.17) is 0 Å². The first-order chi connectivity index (χ1) is 12.0. The van der Waals surface area contributed by atoms with Crippen LogP contribution in [0.1, 0.15) is 35.7 Å². The summed E-state index contributed by atoms with van der Waals surface area (Å²) in [6.07, 6.45) is 2.18. The Morgan fingerprint density at radius 1 is 1.12 bits per heavy atom. The van der Waals surface area contributed by atoms with Crippen molar-refractivity contribution in [2.75, 3.05) is 18.0 Å². The average molecular weight is 341 g/mol. The summed E-state index contributed by atoms with van der Waals surface area (Å²) in [5.41, 5.74) is 4.56. The zero-order chi connectivity index (χ0) is 17.8. The Hall–Kier alpha value is -2.89. The Morgan fingerprint density at radius 2 is 1.76 bits per heavy atom. The summed E-state index contributed by atoms with van der Waals surface area (Å²) in [5, 5.41) is 13.3. The first-order valence-electron chi connectivity index (χ1n) is 8.23. The van der Waals surface area contributed by atoms with Crippen molar-refractivity contribution in [1.29, 1.82) is 0 Å². The molecule has 0 aliphatic carbocycles. The molecule has 1 aliphatic heterocycles. The van der Waals surface area contributed by atoms with Crippen LogP contribution in [-0.4, -0.2) is 29.8 Å². The molecule has 0 bridgehead atoms. The molecule has 1 aliphatic rings. The molecule has 1 amide bonds. The maximum absolute atomic E-state index is 14.4. The molecule has 0 saturated carbocycles. The minimum absolute atomic E-state index is 0.0878. The molecule has 3 rings (SSSR count). The van der Waals surface area contributed by atoms with Gasteiger partial charge in [0.05, 0.1) is 11.4 Å². The van der Waals surface area contributed by atoms with Crippen LogP contribution >= 0.6 is 0 Å². The molecule has 6 heteroatoms. The van der Waals surface area contributed by atoms with Crippen molar-refractivity contribution < 1.29 is 14.3 Å². The number of anilines is 1. The molecule has 0 aromatic heterocycles. The molecule has 2 N–H and O–H groups in total. The summed E-state index contributed by atoms with van der Waals surface area (Å²) in [4.78, 5) is 14.0. The van der Waals surface area contributed by atoms with Gasteiger partial charge in [-0.3, -0.25) is 4.79 Å². The predicted molar refractivity (Wildman–Crippen MR) is 95.6 cm³/mol. The zero-order valence-electron chi connectivity index (χ0n) is 14.0. The van der Waals surface area contributed by atoms with Crippen LogP contribution in [0.3, 0.4) is 0 Å². The van der Waals surface area contributed by atoms with Gasteiger partial charge < -0.3 is 10.0 Å². The summed E-state index contributed by atoms with van der Waals surface area (Å²) in [5.74, 6) is -0.586. The van der Waals surface area contributed by atoms with E-state index in [0.29, 0.717) is 22.5 Å². The summed E-state index contributed by atoms with van der Waals surface area (Å²) in [7, 11) is 0. The third kappa shape index (κ3) is 3.96. The number of nitrogens with zero attached hydrogens (tertiary/aromatic N) is 2. The molecule has 5 nitrogen and oxygen atoms in total. The largest absolute Gasteiger partial charge is 0.508 e. The highest BCUT2D eigenvalue weighted by atomic mass is 19.1. The van der Waals surface area contributed by atoms with Gasteiger partial charge in [-0.2, -0.15) is 5.10 Å². The minimum atomic E-state index is -0.395. The fraction of sp³-hybridized carbons (Fsp3) is 0.263. The number of carbonyl (C=O) groups is 1. The monoisotopic (exact) mass is 341 g/mol. The Kier molecular flexibility index (Phi) is 4.97. The molecular formula is C19H20FN3O2. The smallest absolute Gasteiger partial charge is 0.271 e. The fourth-order valence-electron chi connectivity index (χ4n) is 2.82. The molecule has 2 aromatic rings. The summed E-state index contributed by atoms with van der Waals surface area (Å²) < 4.78 is 14.4. The van der Waals surface area contributed by atoms with E-state index in [1.54, 1.807) is 13.0 Å². The average Bonchev–Trinajstić information content (AvgIpc) is 3.14. The minimum Gasteiger partial charge on any atom is -0.508 e. The Bertz CT molecular complexity index is 797. The highest BCUT2D eigenvalue weighted by Crippen LogP contribution is 2.24. The number of phenolic OH excluding ortho intramolecular Hbond substituents is 1. The third-order valence-electron chi connectivity index (χ3n) is 4.27. The molecule has 2 aromatic carbocycles. The molecular weight excluding hydrogens is 321 g/mol. The van der Waals surface area contributed by atoms with E-state index >= 15 is 0 Å². The van der Waals surface area contributed by atoms with E-state index in [0.717, 1.165) is 25.9 Å². The van der Waals surface area contributed by atoms with Gasteiger partial charge in [-0.05, 0) is 56.2 Å². The molecule has 0 radical (unpaired) electrons. The van der Waals surface area contributed by atoms with Crippen molar-refractivity contribution in [2.24, 2.45) is 5.10 Å². The first-order valence-corrected chi connectivity index (χ1v) is 8.23. The van der Waals surface area contributed by atoms with Crippen LogP contribution in [0.15, 0.2) is 47.6 Å². The second kappa shape index (κ2) is 7.34. The van der Waals surface area contributed by atoms with Crippen LogP contribution in [0.2, 0.25) is 0 Å². The molecule has 0 unspecified atom stereocenters. The predicted octanol–water partition coefficient (Wildman–Crippen LogP) is 3.29. The lowest BCUT2D eigenvalue weighted by Gasteiger charge is -2.18. The van der Waals surface area contributed by atoms with E-state index in [9.17, 15) is 14.3 Å². The van der Waals surface area contributed by atoms with Crippen molar-refractivity contribution in [2.45, 2.75) is 19.8 Å². The fourth-order valence-corrected chi connectivity index (χ4v) is 2.82. The number of carbonyl (C=O) groups excluding carboxylic acids is 1. The van der Waals surface area contributed by atoms with Gasteiger partial charge in [0.2, 0.25) is 0 Å². The van der Waals surface area contributed by atoms with Gasteiger partial charge in [0.1, 0.15) is 11.6 Å². The second-order valence-electron chi connectivity index (χ2n) is 6.05. The summed E-state index contributed by atoms with van der Waals surface area (Å²) >= 11 is 0. The molecule has 130 valence electrons. The van der Waals surface area contributed by atoms with Crippen LogP contribution in [0, 0.1) is 5.82 Å². The van der Waals surface area contributed by atoms with Gasteiger partial charge in [-0.15, -0.1) is 0 Å². The number of hydrogen-bond donors (Lipinski definition) is 2. The Balaban J connectivity index is 1.70. The van der Waals surface area contributed by atoms with Gasteiger partial charge in [-0.1, -0.05) is 6.07 Å². The van der Waals surface area contributed by atoms with Crippen LogP contribution in [-0.2, 0) is 0 Å². The van der Waals surface area contributed by atoms with Crippen molar-refractivity contribution in [3.05, 3.63) is 59.4 Å². The number of halogens is 1. The van der Waals surface area contributed by atoms with E-state index in [2.05, 4.69) is 10.5 Å². The summed E-state index contributed by atoms with van der Waals surface area (Å²) in [6, 6.07) is 10.9. The topological polar surface area (TPSA) is 64.9 Å². The van der Waals surface area contributed by atoms with Crippen LogP contribution in [0.4, 0.5) is 10.1 Å². The van der Waals surface area contributed by atoms with Crippen molar-refractivity contribution in [3.8, 4) is 5.75 Å². The zero-order valence-corrected chi connectivity index (χ0v) is 14.0. The number of hydrazone groups is 1. The van der Waals surface area contributed by atoms with Crippen LogP contribution in [0.25, 0.3) is 0 Å². The lowest BCUT2D eigenvalue weighted by molar-refractivity contribution is 0.0955. The van der Waals surface area contributed by atoms with E-state index in [1.807, 2.05) is 11.0 Å². The Labute approximate surface area is 145 Å². The maximum atomic E-state index is 14.4. The lowest BCUT2D eigenvalue weighted by Crippen LogP contribution is -2.20. The van der Waals surface area contributed by atoms with Crippen LogP contribution < -0.4 is 10.3 Å². The molecule has 0 atom stereocenters. The normalized spacial score (nSPS) is 14.6. The van der Waals surface area contributed by atoms with E-state index in [1.165, 1.54) is 30.3 Å². The SMILES string of the molecule is C/C(=N/NC(=O)c1ccc(O)cc1)c1ccc(N2CCCC2)c(F)c1. The maximum Gasteiger partial charge on any atom is 0.271 e. The number of phenols is 1. The standard InChI is InChI=1S/C19H20FN3O2/c1-13(21-22-19(25)14-4-7-16(24)8-5-14)15-6-9-18(17(20)12-15)23-10-2-3-11-23/h4-9,12,24H,2-3,10-11H2,1H3,(H,22,25)/b21-13-. The van der Waals surface area contributed by atoms with E-state index in [-0.39, 0.29) is 11.6 Å². The number of amides is 1. The summed E-state index contributed by atoms with van der Waals surface area (Å²) in [6.45, 7) is 3.47. The second-order valence-corrected chi connectivity index (χ2v) is 6.05. The van der Waals surface area contributed by atoms with Gasteiger partial charge in [0, 0.05) is 24.2 Å². The molecule has 1 fully saturated rings. The van der Waals surface area contributed by atoms with Gasteiger partial charge >= 0.3 is 0 Å². The van der Waals surface area contributed by atoms with Gasteiger partial charge in [-0.25, -0.2) is 9.82 Å². The number of aromatic hydroxyl groups is 1.